The fraction of sp³-hybridized carbons (Fsp3) is 1.00. The third kappa shape index (κ3) is 7.74. The second-order valence-electron chi connectivity index (χ2n) is 5.20. The molecule has 1 N–H and O–H groups in total. The Balaban J connectivity index is 4.11. The van der Waals surface area contributed by atoms with Gasteiger partial charge in [0.25, 0.3) is 0 Å². The van der Waals surface area contributed by atoms with E-state index in [1.54, 1.807) is 7.11 Å². The fourth-order valence-electron chi connectivity index (χ4n) is 1.97. The van der Waals surface area contributed by atoms with Crippen molar-refractivity contribution in [1.82, 2.24) is 10.2 Å². The van der Waals surface area contributed by atoms with Gasteiger partial charge in [-0.1, -0.05) is 27.7 Å². The van der Waals surface area contributed by atoms with Crippen LogP contribution < -0.4 is 5.32 Å². The van der Waals surface area contributed by atoms with E-state index >= 15 is 0 Å². The molecule has 0 bridgehead atoms. The zero-order valence-electron chi connectivity index (χ0n) is 12.5. The van der Waals surface area contributed by atoms with Crippen molar-refractivity contribution >= 4 is 0 Å². The first-order chi connectivity index (χ1) is 8.11. The summed E-state index contributed by atoms with van der Waals surface area (Å²) in [6, 6.07) is 0. The number of hydrogen-bond donors (Lipinski definition) is 1. The Bertz CT molecular complexity index is 176. The summed E-state index contributed by atoms with van der Waals surface area (Å²) in [6.07, 6.45) is 2.42. The lowest BCUT2D eigenvalue weighted by molar-refractivity contribution is 0.112. The first-order valence-electron chi connectivity index (χ1n) is 7.03. The third-order valence-electron chi connectivity index (χ3n) is 3.50. The zero-order valence-corrected chi connectivity index (χ0v) is 12.5. The molecule has 0 saturated carbocycles. The van der Waals surface area contributed by atoms with Gasteiger partial charge in [0.1, 0.15) is 0 Å². The van der Waals surface area contributed by atoms with E-state index in [2.05, 4.69) is 37.9 Å². The fourth-order valence-corrected chi connectivity index (χ4v) is 1.97. The molecule has 0 aliphatic carbocycles. The van der Waals surface area contributed by atoms with Crippen molar-refractivity contribution in [3.63, 3.8) is 0 Å². The molecule has 0 aliphatic rings. The van der Waals surface area contributed by atoms with Gasteiger partial charge in [-0.3, -0.25) is 0 Å². The SMILES string of the molecule is CCCNCC(C)(CC)CN(CC)CCOC. The molecule has 0 aliphatic heterocycles. The first-order valence-corrected chi connectivity index (χ1v) is 7.03. The lowest BCUT2D eigenvalue weighted by Crippen LogP contribution is -2.43. The molecule has 0 aromatic carbocycles. The molecule has 17 heavy (non-hydrogen) atoms. The molecule has 0 saturated heterocycles. The number of nitrogens with zero attached hydrogens (tertiary/aromatic N) is 1. The summed E-state index contributed by atoms with van der Waals surface area (Å²) in [5.41, 5.74) is 0.374. The highest BCUT2D eigenvalue weighted by Crippen LogP contribution is 2.21. The summed E-state index contributed by atoms with van der Waals surface area (Å²) >= 11 is 0. The van der Waals surface area contributed by atoms with Crippen LogP contribution in [-0.2, 0) is 4.74 Å². The van der Waals surface area contributed by atoms with Crippen LogP contribution in [0.25, 0.3) is 0 Å². The summed E-state index contributed by atoms with van der Waals surface area (Å²) in [4.78, 5) is 2.49. The molecule has 0 spiro atoms. The lowest BCUT2D eigenvalue weighted by atomic mass is 9.86. The smallest absolute Gasteiger partial charge is 0.0589 e. The van der Waals surface area contributed by atoms with Crippen molar-refractivity contribution in [3.05, 3.63) is 0 Å². The van der Waals surface area contributed by atoms with Crippen LogP contribution in [0.2, 0.25) is 0 Å². The number of likely N-dealkylation sites (N-methyl/N-ethyl adjacent to an activating group) is 1. The first kappa shape index (κ1) is 16.9. The van der Waals surface area contributed by atoms with Gasteiger partial charge in [-0.25, -0.2) is 0 Å². The molecule has 0 aromatic rings. The van der Waals surface area contributed by atoms with Crippen molar-refractivity contribution in [3.8, 4) is 0 Å². The molecule has 1 atom stereocenters. The van der Waals surface area contributed by atoms with Gasteiger partial charge in [-0.15, -0.1) is 0 Å². The van der Waals surface area contributed by atoms with Crippen LogP contribution in [0.1, 0.15) is 40.5 Å². The van der Waals surface area contributed by atoms with Gasteiger partial charge in [0.05, 0.1) is 6.61 Å². The normalized spacial score (nSPS) is 15.2. The molecule has 0 aromatic heterocycles. The van der Waals surface area contributed by atoms with Crippen molar-refractivity contribution in [2.24, 2.45) is 5.41 Å². The van der Waals surface area contributed by atoms with Crippen LogP contribution >= 0.6 is 0 Å². The maximum absolute atomic E-state index is 5.16. The Kier molecular flexibility index (Phi) is 9.79. The molecule has 3 nitrogen and oxygen atoms in total. The lowest BCUT2D eigenvalue weighted by Gasteiger charge is -2.34. The standard InChI is InChI=1S/C14H32N2O/c1-6-9-15-12-14(4,7-2)13-16(8-3)10-11-17-5/h15H,6-13H2,1-5H3. The molecular formula is C14H32N2O. The van der Waals surface area contributed by atoms with Crippen LogP contribution in [0.5, 0.6) is 0 Å². The molecule has 104 valence electrons. The van der Waals surface area contributed by atoms with Crippen molar-refractivity contribution in [2.75, 3.05) is 46.4 Å². The van der Waals surface area contributed by atoms with Crippen molar-refractivity contribution in [2.45, 2.75) is 40.5 Å². The van der Waals surface area contributed by atoms with E-state index < -0.39 is 0 Å². The third-order valence-corrected chi connectivity index (χ3v) is 3.50. The van der Waals surface area contributed by atoms with Gasteiger partial charge < -0.3 is 15.0 Å². The molecule has 3 heteroatoms. The molecule has 0 rings (SSSR count). The highest BCUT2D eigenvalue weighted by molar-refractivity contribution is 4.79. The highest BCUT2D eigenvalue weighted by Gasteiger charge is 2.24. The largest absolute Gasteiger partial charge is 0.383 e. The number of ether oxygens (including phenoxy) is 1. The number of methoxy groups -OCH3 is 1. The Morgan fingerprint density at radius 1 is 1.24 bits per heavy atom. The minimum absolute atomic E-state index is 0.374. The van der Waals surface area contributed by atoms with Gasteiger partial charge in [0, 0.05) is 26.7 Å². The van der Waals surface area contributed by atoms with Gasteiger partial charge in [0.2, 0.25) is 0 Å². The van der Waals surface area contributed by atoms with Gasteiger partial charge in [-0.05, 0) is 31.3 Å². The van der Waals surface area contributed by atoms with Crippen molar-refractivity contribution < 1.29 is 4.74 Å². The van der Waals surface area contributed by atoms with Crippen LogP contribution in [-0.4, -0.2) is 51.3 Å². The summed E-state index contributed by atoms with van der Waals surface area (Å²) in [6.45, 7) is 15.5. The molecular weight excluding hydrogens is 212 g/mol. The number of nitrogens with one attached hydrogen (secondary N) is 1. The molecule has 0 amide bonds. The Hall–Kier alpha value is -0.120. The van der Waals surface area contributed by atoms with Gasteiger partial charge >= 0.3 is 0 Å². The van der Waals surface area contributed by atoms with Crippen LogP contribution in [0.15, 0.2) is 0 Å². The Morgan fingerprint density at radius 2 is 1.94 bits per heavy atom. The second-order valence-corrected chi connectivity index (χ2v) is 5.20. The molecule has 1 unspecified atom stereocenters. The highest BCUT2D eigenvalue weighted by atomic mass is 16.5. The van der Waals surface area contributed by atoms with Crippen LogP contribution in [0.4, 0.5) is 0 Å². The zero-order chi connectivity index (χ0) is 13.1. The molecule has 0 fully saturated rings. The van der Waals surface area contributed by atoms with Gasteiger partial charge in [0.15, 0.2) is 0 Å². The van der Waals surface area contributed by atoms with Crippen molar-refractivity contribution in [1.29, 1.82) is 0 Å². The Morgan fingerprint density at radius 3 is 2.41 bits per heavy atom. The molecule has 0 heterocycles. The number of hydrogen-bond acceptors (Lipinski definition) is 3. The van der Waals surface area contributed by atoms with E-state index in [0.29, 0.717) is 5.41 Å². The van der Waals surface area contributed by atoms with E-state index in [1.165, 1.54) is 12.8 Å². The van der Waals surface area contributed by atoms with E-state index in [1.807, 2.05) is 0 Å². The summed E-state index contributed by atoms with van der Waals surface area (Å²) in [5, 5.41) is 3.55. The van der Waals surface area contributed by atoms with E-state index in [-0.39, 0.29) is 0 Å². The predicted octanol–water partition coefficient (Wildman–Crippen LogP) is 2.37. The summed E-state index contributed by atoms with van der Waals surface area (Å²) in [5.74, 6) is 0. The summed E-state index contributed by atoms with van der Waals surface area (Å²) in [7, 11) is 1.77. The minimum atomic E-state index is 0.374. The van der Waals surface area contributed by atoms with Crippen LogP contribution in [0.3, 0.4) is 0 Å². The maximum Gasteiger partial charge on any atom is 0.0589 e. The second kappa shape index (κ2) is 9.86. The average molecular weight is 244 g/mol. The van der Waals surface area contributed by atoms with Gasteiger partial charge in [-0.2, -0.15) is 0 Å². The quantitative estimate of drug-likeness (QED) is 0.565. The average Bonchev–Trinajstić information content (AvgIpc) is 2.35. The van der Waals surface area contributed by atoms with E-state index in [0.717, 1.165) is 39.3 Å². The van der Waals surface area contributed by atoms with E-state index in [9.17, 15) is 0 Å². The summed E-state index contributed by atoms with van der Waals surface area (Å²) < 4.78 is 5.16. The number of rotatable bonds is 11. The van der Waals surface area contributed by atoms with E-state index in [4.69, 9.17) is 4.74 Å². The topological polar surface area (TPSA) is 24.5 Å². The molecule has 0 radical (unpaired) electrons. The predicted molar refractivity (Wildman–Crippen MR) is 75.5 cm³/mol. The Labute approximate surface area is 108 Å². The minimum Gasteiger partial charge on any atom is -0.383 e. The van der Waals surface area contributed by atoms with Crippen LogP contribution in [0, 0.1) is 5.41 Å². The monoisotopic (exact) mass is 244 g/mol. The maximum atomic E-state index is 5.16.